The van der Waals surface area contributed by atoms with Crippen LogP contribution < -0.4 is 15.4 Å². The van der Waals surface area contributed by atoms with Crippen LogP contribution in [0.1, 0.15) is 18.5 Å². The Morgan fingerprint density at radius 2 is 2.35 bits per heavy atom. The van der Waals surface area contributed by atoms with E-state index < -0.39 is 0 Å². The zero-order chi connectivity index (χ0) is 13.8. The number of amides is 1. The number of methoxy groups -OCH3 is 1. The Morgan fingerprint density at radius 3 is 2.90 bits per heavy atom. The average Bonchev–Trinajstić information content (AvgIpc) is 2.92. The van der Waals surface area contributed by atoms with Gasteiger partial charge in [-0.2, -0.15) is 0 Å². The number of ether oxygens (including phenoxy) is 1. The number of carbonyl (C=O) groups excluding carboxylic acids is 1. The lowest BCUT2D eigenvalue weighted by molar-refractivity contribution is -0.123. The maximum atomic E-state index is 12.0. The highest BCUT2D eigenvalue weighted by Gasteiger charge is 2.23. The lowest BCUT2D eigenvalue weighted by Crippen LogP contribution is -2.42. The molecule has 2 N–H and O–H groups in total. The number of rotatable bonds is 4. The average molecular weight is 382 g/mol. The van der Waals surface area contributed by atoms with E-state index in [4.69, 9.17) is 4.74 Å². The zero-order valence-corrected chi connectivity index (χ0v) is 14.5. The first kappa shape index (κ1) is 17.6. The number of nitrogens with one attached hydrogen (secondary N) is 2. The Hall–Kier alpha value is -0.430. The molecule has 0 saturated carbocycles. The molecule has 1 saturated heterocycles. The standard InChI is InChI=1S/C13H17BrN2O2S.ClH/c1-8(16-13(17)11-6-19-7-15-11)9-3-4-12(18-2)10(14)5-9;/h3-5,8,11,15H,6-7H2,1-2H3,(H,16,17);1H. The molecule has 1 amide bonds. The summed E-state index contributed by atoms with van der Waals surface area (Å²) in [5.74, 6) is 2.53. The Kier molecular flexibility index (Phi) is 7.15. The zero-order valence-electron chi connectivity index (χ0n) is 11.3. The van der Waals surface area contributed by atoms with Crippen molar-refractivity contribution < 1.29 is 9.53 Å². The second-order valence-electron chi connectivity index (χ2n) is 4.40. The molecule has 112 valence electrons. The molecule has 0 spiro atoms. The maximum Gasteiger partial charge on any atom is 0.238 e. The van der Waals surface area contributed by atoms with Crippen molar-refractivity contribution in [2.75, 3.05) is 18.7 Å². The first-order valence-electron chi connectivity index (χ1n) is 6.06. The van der Waals surface area contributed by atoms with Crippen molar-refractivity contribution in [3.05, 3.63) is 28.2 Å². The van der Waals surface area contributed by atoms with Crippen LogP contribution in [0.4, 0.5) is 0 Å². The summed E-state index contributed by atoms with van der Waals surface area (Å²) < 4.78 is 6.09. The van der Waals surface area contributed by atoms with Crippen LogP contribution in [-0.4, -0.2) is 30.7 Å². The number of hydrogen-bond donors (Lipinski definition) is 2. The van der Waals surface area contributed by atoms with Crippen molar-refractivity contribution in [1.29, 1.82) is 0 Å². The second-order valence-corrected chi connectivity index (χ2v) is 6.28. The fourth-order valence-electron chi connectivity index (χ4n) is 1.91. The molecular formula is C13H18BrClN2O2S. The topological polar surface area (TPSA) is 50.4 Å². The van der Waals surface area contributed by atoms with Crippen molar-refractivity contribution in [2.45, 2.75) is 19.0 Å². The van der Waals surface area contributed by atoms with Crippen LogP contribution >= 0.6 is 40.1 Å². The first-order valence-corrected chi connectivity index (χ1v) is 8.01. The lowest BCUT2D eigenvalue weighted by atomic mass is 10.1. The molecule has 0 aliphatic carbocycles. The van der Waals surface area contributed by atoms with Gasteiger partial charge < -0.3 is 10.1 Å². The molecule has 1 aliphatic rings. The monoisotopic (exact) mass is 380 g/mol. The maximum absolute atomic E-state index is 12.0. The van der Waals surface area contributed by atoms with E-state index in [1.807, 2.05) is 25.1 Å². The van der Waals surface area contributed by atoms with Gasteiger partial charge in [-0.3, -0.25) is 10.1 Å². The molecule has 1 aromatic rings. The molecule has 20 heavy (non-hydrogen) atoms. The van der Waals surface area contributed by atoms with E-state index in [2.05, 4.69) is 26.6 Å². The molecule has 1 fully saturated rings. The molecule has 2 unspecified atom stereocenters. The summed E-state index contributed by atoms with van der Waals surface area (Å²) in [6.45, 7) is 1.98. The Balaban J connectivity index is 0.00000200. The lowest BCUT2D eigenvalue weighted by Gasteiger charge is -2.18. The van der Waals surface area contributed by atoms with Crippen LogP contribution in [0.25, 0.3) is 0 Å². The van der Waals surface area contributed by atoms with E-state index in [0.717, 1.165) is 27.4 Å². The molecule has 7 heteroatoms. The minimum Gasteiger partial charge on any atom is -0.496 e. The third-order valence-corrected chi connectivity index (χ3v) is 4.63. The number of benzene rings is 1. The molecule has 0 bridgehead atoms. The highest BCUT2D eigenvalue weighted by Crippen LogP contribution is 2.28. The van der Waals surface area contributed by atoms with E-state index in [-0.39, 0.29) is 30.4 Å². The Labute approximate surface area is 137 Å². The number of carbonyl (C=O) groups is 1. The smallest absolute Gasteiger partial charge is 0.238 e. The quantitative estimate of drug-likeness (QED) is 0.842. The predicted octanol–water partition coefficient (Wildman–Crippen LogP) is 2.72. The summed E-state index contributed by atoms with van der Waals surface area (Å²) in [4.78, 5) is 12.0. The van der Waals surface area contributed by atoms with Gasteiger partial charge in [0.1, 0.15) is 5.75 Å². The van der Waals surface area contributed by atoms with Crippen molar-refractivity contribution in [2.24, 2.45) is 0 Å². The molecule has 4 nitrogen and oxygen atoms in total. The van der Waals surface area contributed by atoms with Crippen LogP contribution in [0.5, 0.6) is 5.75 Å². The number of halogens is 2. The first-order chi connectivity index (χ1) is 9.11. The van der Waals surface area contributed by atoms with Gasteiger partial charge >= 0.3 is 0 Å². The third kappa shape index (κ3) is 4.28. The van der Waals surface area contributed by atoms with Crippen molar-refractivity contribution in [1.82, 2.24) is 10.6 Å². The normalized spacial score (nSPS) is 19.1. The number of hydrogen-bond acceptors (Lipinski definition) is 4. The van der Waals surface area contributed by atoms with Gasteiger partial charge in [0, 0.05) is 11.6 Å². The summed E-state index contributed by atoms with van der Waals surface area (Å²) in [6.07, 6.45) is 0. The van der Waals surface area contributed by atoms with Crippen LogP contribution in [0.3, 0.4) is 0 Å². The van der Waals surface area contributed by atoms with Gasteiger partial charge in [-0.15, -0.1) is 24.2 Å². The summed E-state index contributed by atoms with van der Waals surface area (Å²) in [7, 11) is 1.63. The van der Waals surface area contributed by atoms with Gasteiger partial charge in [-0.05, 0) is 40.5 Å². The molecule has 2 rings (SSSR count). The van der Waals surface area contributed by atoms with Crippen molar-refractivity contribution in [3.63, 3.8) is 0 Å². The molecule has 0 aromatic heterocycles. The third-order valence-electron chi connectivity index (χ3n) is 3.07. The Bertz CT molecular complexity index is 470. The van der Waals surface area contributed by atoms with Gasteiger partial charge in [0.05, 0.1) is 23.7 Å². The molecule has 2 atom stereocenters. The molecule has 1 aromatic carbocycles. The summed E-state index contributed by atoms with van der Waals surface area (Å²) in [5, 5.41) is 6.19. The van der Waals surface area contributed by atoms with Crippen LogP contribution in [0.2, 0.25) is 0 Å². The second kappa shape index (κ2) is 8.12. The minimum atomic E-state index is -0.0749. The van der Waals surface area contributed by atoms with Gasteiger partial charge in [0.15, 0.2) is 0 Å². The van der Waals surface area contributed by atoms with Crippen LogP contribution in [0, 0.1) is 0 Å². The van der Waals surface area contributed by atoms with Gasteiger partial charge in [0.25, 0.3) is 0 Å². The van der Waals surface area contributed by atoms with Crippen LogP contribution in [0.15, 0.2) is 22.7 Å². The van der Waals surface area contributed by atoms with Crippen molar-refractivity contribution in [3.8, 4) is 5.75 Å². The largest absolute Gasteiger partial charge is 0.496 e. The molecule has 1 aliphatic heterocycles. The molecular weight excluding hydrogens is 364 g/mol. The molecule has 0 radical (unpaired) electrons. The van der Waals surface area contributed by atoms with Gasteiger partial charge in [-0.25, -0.2) is 0 Å². The van der Waals surface area contributed by atoms with Crippen LogP contribution in [-0.2, 0) is 4.79 Å². The minimum absolute atomic E-state index is 0. The summed E-state index contributed by atoms with van der Waals surface area (Å²) in [6, 6.07) is 5.73. The molecule has 1 heterocycles. The van der Waals surface area contributed by atoms with E-state index in [9.17, 15) is 4.79 Å². The fourth-order valence-corrected chi connectivity index (χ4v) is 3.41. The Morgan fingerprint density at radius 1 is 1.60 bits per heavy atom. The van der Waals surface area contributed by atoms with E-state index in [1.54, 1.807) is 18.9 Å². The highest BCUT2D eigenvalue weighted by molar-refractivity contribution is 9.10. The van der Waals surface area contributed by atoms with Crippen molar-refractivity contribution >= 4 is 46.0 Å². The highest BCUT2D eigenvalue weighted by atomic mass is 79.9. The van der Waals surface area contributed by atoms with E-state index >= 15 is 0 Å². The summed E-state index contributed by atoms with van der Waals surface area (Å²) >= 11 is 5.20. The predicted molar refractivity (Wildman–Crippen MR) is 88.7 cm³/mol. The summed E-state index contributed by atoms with van der Waals surface area (Å²) in [5.41, 5.74) is 1.05. The van der Waals surface area contributed by atoms with E-state index in [0.29, 0.717) is 0 Å². The van der Waals surface area contributed by atoms with Gasteiger partial charge in [-0.1, -0.05) is 6.07 Å². The van der Waals surface area contributed by atoms with Gasteiger partial charge in [0.2, 0.25) is 5.91 Å². The SMILES string of the molecule is COc1ccc(C(C)NC(=O)C2CSCN2)cc1Br.Cl. The van der Waals surface area contributed by atoms with E-state index in [1.165, 1.54) is 0 Å². The number of thioether (sulfide) groups is 1. The fraction of sp³-hybridized carbons (Fsp3) is 0.462.